The lowest BCUT2D eigenvalue weighted by Gasteiger charge is -2.30. The Kier molecular flexibility index (Phi) is 4.67. The molecule has 0 unspecified atom stereocenters. The van der Waals surface area contributed by atoms with Gasteiger partial charge in [0.25, 0.3) is 0 Å². The summed E-state index contributed by atoms with van der Waals surface area (Å²) in [5.74, 6) is 0.444. The molecule has 0 bridgehead atoms. The highest BCUT2D eigenvalue weighted by atomic mass is 16.5. The summed E-state index contributed by atoms with van der Waals surface area (Å²) in [5, 5.41) is 10.6. The average Bonchev–Trinajstić information content (AvgIpc) is 2.29. The molecule has 0 aliphatic heterocycles. The summed E-state index contributed by atoms with van der Waals surface area (Å²) in [5.41, 5.74) is 3.04. The second kappa shape index (κ2) is 5.54. The highest BCUT2D eigenvalue weighted by Crippen LogP contribution is 2.41. The molecule has 0 aliphatic carbocycles. The van der Waals surface area contributed by atoms with Gasteiger partial charge in [-0.1, -0.05) is 41.5 Å². The second-order valence-corrected chi connectivity index (χ2v) is 6.96. The lowest BCUT2D eigenvalue weighted by molar-refractivity contribution is 0.184. The van der Waals surface area contributed by atoms with Crippen LogP contribution in [0.4, 0.5) is 0 Å². The molecule has 0 saturated heterocycles. The number of phenols is 1. The Morgan fingerprint density at radius 3 is 2.00 bits per heavy atom. The molecule has 2 heteroatoms. The first-order valence-corrected chi connectivity index (χ1v) is 6.99. The quantitative estimate of drug-likeness (QED) is 0.866. The second-order valence-electron chi connectivity index (χ2n) is 6.96. The molecule has 1 rings (SSSR count). The van der Waals surface area contributed by atoms with Gasteiger partial charge in [-0.25, -0.2) is 0 Å². The van der Waals surface area contributed by atoms with Crippen LogP contribution in [-0.2, 0) is 22.2 Å². The minimum atomic E-state index is -0.0770. The van der Waals surface area contributed by atoms with Gasteiger partial charge in [0.05, 0.1) is 6.61 Å². The smallest absolute Gasteiger partial charge is 0.123 e. The zero-order chi connectivity index (χ0) is 14.8. The minimum absolute atomic E-state index is 0.0339. The summed E-state index contributed by atoms with van der Waals surface area (Å²) in [6.07, 6.45) is 0.987. The van der Waals surface area contributed by atoms with E-state index >= 15 is 0 Å². The Bertz CT molecular complexity index is 439. The fourth-order valence-corrected chi connectivity index (χ4v) is 2.22. The lowest BCUT2D eigenvalue weighted by Crippen LogP contribution is -2.20. The Morgan fingerprint density at radius 1 is 1.05 bits per heavy atom. The van der Waals surface area contributed by atoms with Crippen molar-refractivity contribution >= 4 is 0 Å². The fourth-order valence-electron chi connectivity index (χ4n) is 2.22. The Labute approximate surface area is 117 Å². The summed E-state index contributed by atoms with van der Waals surface area (Å²) in [6.45, 7) is 13.5. The zero-order valence-electron chi connectivity index (χ0n) is 13.4. The third kappa shape index (κ3) is 3.50. The van der Waals surface area contributed by atoms with Gasteiger partial charge in [0.15, 0.2) is 0 Å². The first kappa shape index (κ1) is 16.0. The molecular formula is C17H28O2. The van der Waals surface area contributed by atoms with E-state index in [0.717, 1.165) is 23.1 Å². The Morgan fingerprint density at radius 2 is 1.58 bits per heavy atom. The zero-order valence-corrected chi connectivity index (χ0v) is 13.4. The van der Waals surface area contributed by atoms with Crippen molar-refractivity contribution in [3.63, 3.8) is 0 Å². The van der Waals surface area contributed by atoms with E-state index in [-0.39, 0.29) is 10.8 Å². The van der Waals surface area contributed by atoms with Gasteiger partial charge < -0.3 is 9.84 Å². The number of rotatable bonds is 4. The van der Waals surface area contributed by atoms with Crippen LogP contribution in [-0.4, -0.2) is 12.2 Å². The largest absolute Gasteiger partial charge is 0.507 e. The van der Waals surface area contributed by atoms with Crippen LogP contribution in [0, 0.1) is 0 Å². The standard InChI is InChI=1S/C17H28O2/c1-8-17(5,6)14-10-12(11-19-7)9-13(15(14)18)16(2,3)4/h9-10,18H,8,11H2,1-7H3. The van der Waals surface area contributed by atoms with E-state index in [0.29, 0.717) is 12.4 Å². The van der Waals surface area contributed by atoms with Crippen molar-refractivity contribution in [2.45, 2.75) is 65.4 Å². The maximum absolute atomic E-state index is 10.6. The van der Waals surface area contributed by atoms with Crippen molar-refractivity contribution in [1.29, 1.82) is 0 Å². The van der Waals surface area contributed by atoms with E-state index in [9.17, 15) is 5.11 Å². The van der Waals surface area contributed by atoms with Gasteiger partial charge in [0, 0.05) is 12.7 Å². The van der Waals surface area contributed by atoms with E-state index in [4.69, 9.17) is 4.74 Å². The first-order chi connectivity index (χ1) is 8.63. The van der Waals surface area contributed by atoms with Gasteiger partial charge in [0.2, 0.25) is 0 Å². The van der Waals surface area contributed by atoms with E-state index in [1.165, 1.54) is 0 Å². The molecule has 0 fully saturated rings. The summed E-state index contributed by atoms with van der Waals surface area (Å²) in [4.78, 5) is 0. The number of hydrogen-bond donors (Lipinski definition) is 1. The molecule has 1 aromatic rings. The molecular weight excluding hydrogens is 236 g/mol. The number of aromatic hydroxyl groups is 1. The molecule has 0 spiro atoms. The number of benzene rings is 1. The Balaban J connectivity index is 3.50. The number of ether oxygens (including phenoxy) is 1. The van der Waals surface area contributed by atoms with E-state index in [2.05, 4.69) is 53.7 Å². The highest BCUT2D eigenvalue weighted by molar-refractivity contribution is 5.50. The summed E-state index contributed by atoms with van der Waals surface area (Å²) >= 11 is 0. The van der Waals surface area contributed by atoms with Crippen LogP contribution in [0.2, 0.25) is 0 Å². The van der Waals surface area contributed by atoms with E-state index < -0.39 is 0 Å². The minimum Gasteiger partial charge on any atom is -0.507 e. The third-order valence-electron chi connectivity index (χ3n) is 3.90. The normalized spacial score (nSPS) is 12.8. The molecule has 0 saturated carbocycles. The van der Waals surface area contributed by atoms with Crippen molar-refractivity contribution in [3.05, 3.63) is 28.8 Å². The van der Waals surface area contributed by atoms with Crippen LogP contribution in [0.3, 0.4) is 0 Å². The molecule has 2 nitrogen and oxygen atoms in total. The van der Waals surface area contributed by atoms with Crippen molar-refractivity contribution in [2.75, 3.05) is 7.11 Å². The average molecular weight is 264 g/mol. The lowest BCUT2D eigenvalue weighted by atomic mass is 9.76. The molecule has 0 amide bonds. The SMILES string of the molecule is CCC(C)(C)c1cc(COC)cc(C(C)(C)C)c1O. The van der Waals surface area contributed by atoms with Crippen LogP contribution in [0.15, 0.2) is 12.1 Å². The molecule has 1 N–H and O–H groups in total. The molecule has 108 valence electrons. The summed E-state index contributed by atoms with van der Waals surface area (Å²) in [6, 6.07) is 4.14. The number of methoxy groups -OCH3 is 1. The highest BCUT2D eigenvalue weighted by Gasteiger charge is 2.28. The van der Waals surface area contributed by atoms with Crippen molar-refractivity contribution in [3.8, 4) is 5.75 Å². The Hall–Kier alpha value is -1.02. The van der Waals surface area contributed by atoms with Crippen LogP contribution in [0.5, 0.6) is 5.75 Å². The van der Waals surface area contributed by atoms with Gasteiger partial charge in [-0.15, -0.1) is 0 Å². The predicted octanol–water partition coefficient (Wildman–Crippen LogP) is 4.52. The van der Waals surface area contributed by atoms with Crippen LogP contribution in [0.1, 0.15) is 64.7 Å². The third-order valence-corrected chi connectivity index (χ3v) is 3.90. The van der Waals surface area contributed by atoms with Gasteiger partial charge >= 0.3 is 0 Å². The molecule has 0 atom stereocenters. The fraction of sp³-hybridized carbons (Fsp3) is 0.647. The van der Waals surface area contributed by atoms with Gasteiger partial charge in [-0.2, -0.15) is 0 Å². The summed E-state index contributed by atoms with van der Waals surface area (Å²) in [7, 11) is 1.70. The van der Waals surface area contributed by atoms with Crippen LogP contribution < -0.4 is 0 Å². The maximum atomic E-state index is 10.6. The summed E-state index contributed by atoms with van der Waals surface area (Å²) < 4.78 is 5.26. The van der Waals surface area contributed by atoms with Crippen molar-refractivity contribution in [1.82, 2.24) is 0 Å². The molecule has 0 aromatic heterocycles. The van der Waals surface area contributed by atoms with Gasteiger partial charge in [-0.05, 0) is 40.5 Å². The van der Waals surface area contributed by atoms with Crippen LogP contribution >= 0.6 is 0 Å². The maximum Gasteiger partial charge on any atom is 0.123 e. The first-order valence-electron chi connectivity index (χ1n) is 6.99. The molecule has 0 radical (unpaired) electrons. The molecule has 0 aliphatic rings. The predicted molar refractivity (Wildman–Crippen MR) is 80.8 cm³/mol. The molecule has 1 aromatic carbocycles. The van der Waals surface area contributed by atoms with Crippen molar-refractivity contribution in [2.24, 2.45) is 0 Å². The molecule has 19 heavy (non-hydrogen) atoms. The van der Waals surface area contributed by atoms with E-state index in [1.807, 2.05) is 0 Å². The van der Waals surface area contributed by atoms with E-state index in [1.54, 1.807) is 7.11 Å². The number of hydrogen-bond acceptors (Lipinski definition) is 2. The number of phenolic OH excluding ortho intramolecular Hbond substituents is 1. The monoisotopic (exact) mass is 264 g/mol. The molecule has 0 heterocycles. The van der Waals surface area contributed by atoms with Crippen LogP contribution in [0.25, 0.3) is 0 Å². The van der Waals surface area contributed by atoms with Gasteiger partial charge in [-0.3, -0.25) is 0 Å². The van der Waals surface area contributed by atoms with Crippen molar-refractivity contribution < 1.29 is 9.84 Å². The topological polar surface area (TPSA) is 29.5 Å². The van der Waals surface area contributed by atoms with Gasteiger partial charge in [0.1, 0.15) is 5.75 Å².